The van der Waals surface area contributed by atoms with Crippen LogP contribution in [0.1, 0.15) is 31.2 Å². The maximum absolute atomic E-state index is 12.3. The highest BCUT2D eigenvalue weighted by molar-refractivity contribution is 6.46. The van der Waals surface area contributed by atoms with Crippen molar-refractivity contribution in [2.24, 2.45) is 5.73 Å². The van der Waals surface area contributed by atoms with Crippen LogP contribution in [0.2, 0.25) is 0 Å². The molecule has 27 heavy (non-hydrogen) atoms. The van der Waals surface area contributed by atoms with Crippen LogP contribution in [-0.4, -0.2) is 48.2 Å². The van der Waals surface area contributed by atoms with Crippen molar-refractivity contribution < 1.29 is 29.1 Å². The number of nitrogens with two attached hydrogens (primary N) is 1. The maximum atomic E-state index is 12.3. The van der Waals surface area contributed by atoms with Crippen LogP contribution >= 0.6 is 0 Å². The molecule has 1 atom stereocenters. The van der Waals surface area contributed by atoms with E-state index in [-0.39, 0.29) is 18.1 Å². The number of carbonyl (C=O) groups is 2. The first-order valence-corrected chi connectivity index (χ1v) is 8.97. The number of unbranched alkanes of at least 4 members (excludes halogenated alkanes) is 1. The minimum Gasteiger partial charge on any atom is -0.538 e. The second-order valence-corrected chi connectivity index (χ2v) is 6.34. The van der Waals surface area contributed by atoms with E-state index in [0.29, 0.717) is 31.7 Å². The molecule has 8 nitrogen and oxygen atoms in total. The average molecular weight is 376 g/mol. The molecule has 1 aromatic carbocycles. The molecule has 146 valence electrons. The summed E-state index contributed by atoms with van der Waals surface area (Å²) in [5, 5.41) is 21.4. The molecule has 0 unspecified atom stereocenters. The molecule has 1 aromatic rings. The molecular weight excluding hydrogens is 351 g/mol. The van der Waals surface area contributed by atoms with Crippen LogP contribution in [0.4, 0.5) is 0 Å². The molecule has 1 aliphatic rings. The van der Waals surface area contributed by atoms with Crippen molar-refractivity contribution in [1.82, 2.24) is 5.32 Å². The third-order valence-corrected chi connectivity index (χ3v) is 4.08. The molecule has 2 rings (SSSR count). The quantitative estimate of drug-likeness (QED) is 0.282. The number of ether oxygens (including phenoxy) is 1. The van der Waals surface area contributed by atoms with Crippen LogP contribution in [0.15, 0.2) is 36.1 Å². The van der Waals surface area contributed by atoms with Gasteiger partial charge in [-0.05, 0) is 43.5 Å². The highest BCUT2D eigenvalue weighted by atomic mass is 16.5. The van der Waals surface area contributed by atoms with Gasteiger partial charge in [-0.1, -0.05) is 12.1 Å². The summed E-state index contributed by atoms with van der Waals surface area (Å²) < 4.78 is 10.8. The van der Waals surface area contributed by atoms with E-state index in [9.17, 15) is 14.6 Å². The zero-order valence-corrected chi connectivity index (χ0v) is 15.1. The van der Waals surface area contributed by atoms with E-state index >= 15 is 0 Å². The Balaban J connectivity index is 1.82. The SMILES string of the molecule is NCCCCOc1cccc(CC(=O)N[C@H]2CC/C(=C/C(=O)O)OB2O)c1. The van der Waals surface area contributed by atoms with Crippen molar-refractivity contribution in [3.63, 3.8) is 0 Å². The van der Waals surface area contributed by atoms with E-state index in [1.165, 1.54) is 0 Å². The predicted octanol–water partition coefficient (Wildman–Crippen LogP) is 0.630. The normalized spacial score (nSPS) is 18.1. The number of benzene rings is 1. The summed E-state index contributed by atoms with van der Waals surface area (Å²) in [7, 11) is -1.27. The van der Waals surface area contributed by atoms with Crippen LogP contribution in [0, 0.1) is 0 Å². The molecule has 0 saturated carbocycles. The van der Waals surface area contributed by atoms with Crippen LogP contribution in [0.25, 0.3) is 0 Å². The molecule has 0 aliphatic carbocycles. The lowest BCUT2D eigenvalue weighted by molar-refractivity contribution is -0.131. The van der Waals surface area contributed by atoms with E-state index in [0.717, 1.165) is 24.5 Å². The Kier molecular flexibility index (Phi) is 8.15. The standard InChI is InChI=1S/C18H25BN2O6/c20-8-1-2-9-26-14-5-3-4-13(10-14)11-17(22)21-16-7-6-15(12-18(23)24)27-19(16)25/h3-5,10,12,16,25H,1-2,6-9,11,20H2,(H,21,22)(H,23,24)/b15-12-/t16-/m0/s1. The first-order valence-electron chi connectivity index (χ1n) is 8.97. The molecule has 0 radical (unpaired) electrons. The largest absolute Gasteiger partial charge is 0.546 e. The lowest BCUT2D eigenvalue weighted by atomic mass is 9.73. The van der Waals surface area contributed by atoms with Crippen LogP contribution < -0.4 is 15.8 Å². The topological polar surface area (TPSA) is 131 Å². The van der Waals surface area contributed by atoms with E-state index < -0.39 is 19.0 Å². The van der Waals surface area contributed by atoms with E-state index in [1.54, 1.807) is 0 Å². The summed E-state index contributed by atoms with van der Waals surface area (Å²) in [4.78, 5) is 22.9. The molecule has 1 saturated heterocycles. The zero-order chi connectivity index (χ0) is 19.6. The number of amides is 1. The van der Waals surface area contributed by atoms with Gasteiger partial charge >= 0.3 is 13.1 Å². The van der Waals surface area contributed by atoms with E-state index in [1.807, 2.05) is 24.3 Å². The summed E-state index contributed by atoms with van der Waals surface area (Å²) in [6.07, 6.45) is 3.56. The number of rotatable bonds is 9. The smallest absolute Gasteiger partial charge is 0.538 e. The van der Waals surface area contributed by atoms with Crippen molar-refractivity contribution >= 4 is 19.0 Å². The van der Waals surface area contributed by atoms with Crippen LogP contribution in [-0.2, 0) is 20.7 Å². The van der Waals surface area contributed by atoms with Crippen molar-refractivity contribution in [3.8, 4) is 5.75 Å². The van der Waals surface area contributed by atoms with Gasteiger partial charge in [0.1, 0.15) is 5.75 Å². The summed E-state index contributed by atoms with van der Waals surface area (Å²) in [6, 6.07) is 7.29. The second kappa shape index (κ2) is 10.6. The number of hydrogen-bond donors (Lipinski definition) is 4. The number of allylic oxidation sites excluding steroid dienone is 1. The predicted molar refractivity (Wildman–Crippen MR) is 99.9 cm³/mol. The fourth-order valence-electron chi connectivity index (χ4n) is 2.75. The Hall–Kier alpha value is -2.52. The summed E-state index contributed by atoms with van der Waals surface area (Å²) in [6.45, 7) is 1.21. The molecule has 1 fully saturated rings. The fraction of sp³-hybridized carbons (Fsp3) is 0.444. The van der Waals surface area contributed by atoms with Gasteiger partial charge in [0.15, 0.2) is 0 Å². The molecule has 1 amide bonds. The molecule has 5 N–H and O–H groups in total. The Morgan fingerprint density at radius 1 is 1.41 bits per heavy atom. The van der Waals surface area contributed by atoms with E-state index in [4.69, 9.17) is 20.2 Å². The van der Waals surface area contributed by atoms with Crippen molar-refractivity contribution in [1.29, 1.82) is 0 Å². The average Bonchev–Trinajstić information content (AvgIpc) is 2.61. The van der Waals surface area contributed by atoms with E-state index in [2.05, 4.69) is 5.32 Å². The number of carboxylic acid groups (broad SMARTS) is 1. The van der Waals surface area contributed by atoms with Gasteiger partial charge in [-0.25, -0.2) is 4.79 Å². The molecule has 1 aliphatic heterocycles. The molecular formula is C18H25BN2O6. The van der Waals surface area contributed by atoms with Crippen molar-refractivity contribution in [2.75, 3.05) is 13.2 Å². The lowest BCUT2D eigenvalue weighted by Gasteiger charge is -2.27. The number of nitrogens with one attached hydrogen (secondary N) is 1. The van der Waals surface area contributed by atoms with Gasteiger partial charge in [-0.3, -0.25) is 4.79 Å². The zero-order valence-electron chi connectivity index (χ0n) is 15.1. The minimum absolute atomic E-state index is 0.140. The number of carbonyl (C=O) groups excluding carboxylic acids is 1. The Morgan fingerprint density at radius 3 is 2.93 bits per heavy atom. The first-order chi connectivity index (χ1) is 13.0. The summed E-state index contributed by atoms with van der Waals surface area (Å²) >= 11 is 0. The first kappa shape index (κ1) is 20.8. The van der Waals surface area contributed by atoms with Gasteiger partial charge in [-0.2, -0.15) is 0 Å². The summed E-state index contributed by atoms with van der Waals surface area (Å²) in [5.74, 6) is -1.08. The van der Waals surface area contributed by atoms with Gasteiger partial charge in [-0.15, -0.1) is 0 Å². The third-order valence-electron chi connectivity index (χ3n) is 4.08. The Labute approximate surface area is 158 Å². The van der Waals surface area contributed by atoms with Gasteiger partial charge in [0.2, 0.25) is 5.91 Å². The molecule has 1 heterocycles. The molecule has 9 heteroatoms. The van der Waals surface area contributed by atoms with Gasteiger partial charge in [0, 0.05) is 6.42 Å². The Morgan fingerprint density at radius 2 is 2.22 bits per heavy atom. The second-order valence-electron chi connectivity index (χ2n) is 6.34. The van der Waals surface area contributed by atoms with Gasteiger partial charge < -0.3 is 30.6 Å². The van der Waals surface area contributed by atoms with Crippen molar-refractivity contribution in [2.45, 2.75) is 38.0 Å². The van der Waals surface area contributed by atoms with Gasteiger partial charge in [0.05, 0.1) is 30.8 Å². The van der Waals surface area contributed by atoms with Crippen LogP contribution in [0.3, 0.4) is 0 Å². The number of hydrogen-bond acceptors (Lipinski definition) is 6. The number of aliphatic carboxylic acids is 1. The third kappa shape index (κ3) is 7.32. The van der Waals surface area contributed by atoms with Gasteiger partial charge in [0.25, 0.3) is 0 Å². The molecule has 0 bridgehead atoms. The lowest BCUT2D eigenvalue weighted by Crippen LogP contribution is -2.50. The number of carboxylic acids is 1. The monoisotopic (exact) mass is 376 g/mol. The summed E-state index contributed by atoms with van der Waals surface area (Å²) in [5.41, 5.74) is 6.24. The molecule has 0 aromatic heterocycles. The highest BCUT2D eigenvalue weighted by Crippen LogP contribution is 2.19. The Bertz CT molecular complexity index is 682. The van der Waals surface area contributed by atoms with Crippen molar-refractivity contribution in [3.05, 3.63) is 41.7 Å². The van der Waals surface area contributed by atoms with Crippen LogP contribution in [0.5, 0.6) is 5.75 Å². The fourth-order valence-corrected chi connectivity index (χ4v) is 2.75. The maximum Gasteiger partial charge on any atom is 0.546 e. The molecule has 0 spiro atoms. The highest BCUT2D eigenvalue weighted by Gasteiger charge is 2.35. The minimum atomic E-state index is -1.27.